The maximum atomic E-state index is 10.5. The highest BCUT2D eigenvalue weighted by Crippen LogP contribution is 2.30. The first-order valence-electron chi connectivity index (χ1n) is 5.37. The average Bonchev–Trinajstić information content (AvgIpc) is 2.19. The van der Waals surface area contributed by atoms with Crippen molar-refractivity contribution in [2.75, 3.05) is 0 Å². The molecule has 1 heteroatoms. The van der Waals surface area contributed by atoms with E-state index in [0.717, 1.165) is 17.8 Å². The van der Waals surface area contributed by atoms with Crippen molar-refractivity contribution in [3.05, 3.63) is 11.6 Å². The van der Waals surface area contributed by atoms with Crippen molar-refractivity contribution in [2.24, 2.45) is 11.8 Å². The maximum Gasteiger partial charge on any atom is 0.145 e. The van der Waals surface area contributed by atoms with Gasteiger partial charge in [0.05, 0.1) is 0 Å². The largest absolute Gasteiger partial charge is 0.298 e. The van der Waals surface area contributed by atoms with Crippen LogP contribution in [0.15, 0.2) is 11.6 Å². The van der Waals surface area contributed by atoms with Crippen molar-refractivity contribution < 1.29 is 4.79 Å². The van der Waals surface area contributed by atoms with Gasteiger partial charge in [-0.2, -0.15) is 0 Å². The maximum absolute atomic E-state index is 10.5. The number of aldehydes is 1. The van der Waals surface area contributed by atoms with Crippen molar-refractivity contribution in [1.82, 2.24) is 0 Å². The molecule has 0 saturated heterocycles. The third kappa shape index (κ3) is 3.33. The highest BCUT2D eigenvalue weighted by Gasteiger charge is 2.18. The fraction of sp³-hybridized carbons (Fsp3) is 0.750. The zero-order valence-corrected chi connectivity index (χ0v) is 8.75. The Morgan fingerprint density at radius 1 is 1.31 bits per heavy atom. The number of hydrogen-bond acceptors (Lipinski definition) is 1. The van der Waals surface area contributed by atoms with Crippen LogP contribution in [-0.2, 0) is 4.79 Å². The molecule has 0 spiro atoms. The second kappa shape index (κ2) is 5.21. The first-order chi connectivity index (χ1) is 6.24. The molecule has 1 aliphatic carbocycles. The summed E-state index contributed by atoms with van der Waals surface area (Å²) < 4.78 is 0. The molecule has 0 amide bonds. The molecule has 0 heterocycles. The van der Waals surface area contributed by atoms with Crippen LogP contribution in [0.5, 0.6) is 0 Å². The lowest BCUT2D eigenvalue weighted by atomic mass is 9.80. The van der Waals surface area contributed by atoms with Gasteiger partial charge in [-0.1, -0.05) is 32.3 Å². The van der Waals surface area contributed by atoms with Crippen LogP contribution in [0.2, 0.25) is 0 Å². The smallest absolute Gasteiger partial charge is 0.145 e. The van der Waals surface area contributed by atoms with Crippen molar-refractivity contribution in [3.63, 3.8) is 0 Å². The normalized spacial score (nSPS) is 22.8. The van der Waals surface area contributed by atoms with Crippen LogP contribution >= 0.6 is 0 Å². The molecule has 1 unspecified atom stereocenters. The summed E-state index contributed by atoms with van der Waals surface area (Å²) in [6.45, 7) is 4.13. The Morgan fingerprint density at radius 3 is 2.46 bits per heavy atom. The third-order valence-electron chi connectivity index (χ3n) is 3.11. The van der Waals surface area contributed by atoms with Crippen LogP contribution in [0.1, 0.15) is 46.0 Å². The Labute approximate surface area is 81.2 Å². The SMILES string of the molecule is C/C(C=O)=C\C(C)C1CCCCC1. The zero-order valence-electron chi connectivity index (χ0n) is 8.75. The molecule has 0 radical (unpaired) electrons. The molecule has 1 fully saturated rings. The molecule has 1 aliphatic rings. The van der Waals surface area contributed by atoms with E-state index in [9.17, 15) is 4.79 Å². The van der Waals surface area contributed by atoms with Gasteiger partial charge in [-0.15, -0.1) is 0 Å². The third-order valence-corrected chi connectivity index (χ3v) is 3.11. The van der Waals surface area contributed by atoms with E-state index in [4.69, 9.17) is 0 Å². The van der Waals surface area contributed by atoms with Crippen molar-refractivity contribution in [2.45, 2.75) is 46.0 Å². The highest BCUT2D eigenvalue weighted by atomic mass is 16.1. The summed E-state index contributed by atoms with van der Waals surface area (Å²) in [7, 11) is 0. The summed E-state index contributed by atoms with van der Waals surface area (Å²) in [5.74, 6) is 1.41. The van der Waals surface area contributed by atoms with Crippen LogP contribution in [0, 0.1) is 11.8 Å². The first kappa shape index (κ1) is 10.5. The molecule has 1 atom stereocenters. The minimum Gasteiger partial charge on any atom is -0.298 e. The number of rotatable bonds is 3. The molecular weight excluding hydrogens is 160 g/mol. The molecule has 1 rings (SSSR count). The van der Waals surface area contributed by atoms with Crippen molar-refractivity contribution in [1.29, 1.82) is 0 Å². The monoisotopic (exact) mass is 180 g/mol. The van der Waals surface area contributed by atoms with E-state index in [1.54, 1.807) is 0 Å². The molecule has 1 nitrogen and oxygen atoms in total. The average molecular weight is 180 g/mol. The van der Waals surface area contributed by atoms with E-state index in [1.165, 1.54) is 32.1 Å². The van der Waals surface area contributed by atoms with Gasteiger partial charge in [0.2, 0.25) is 0 Å². The second-order valence-corrected chi connectivity index (χ2v) is 4.29. The summed E-state index contributed by atoms with van der Waals surface area (Å²) in [6.07, 6.45) is 9.95. The van der Waals surface area contributed by atoms with Gasteiger partial charge in [-0.3, -0.25) is 4.79 Å². The zero-order chi connectivity index (χ0) is 9.68. The predicted molar refractivity (Wildman–Crippen MR) is 55.6 cm³/mol. The molecule has 0 aromatic heterocycles. The van der Waals surface area contributed by atoms with E-state index >= 15 is 0 Å². The lowest BCUT2D eigenvalue weighted by molar-refractivity contribution is -0.104. The Kier molecular flexibility index (Phi) is 4.20. The molecule has 74 valence electrons. The molecule has 0 N–H and O–H groups in total. The summed E-state index contributed by atoms with van der Waals surface area (Å²) in [5.41, 5.74) is 0.887. The number of carbonyl (C=O) groups is 1. The Morgan fingerprint density at radius 2 is 1.92 bits per heavy atom. The van der Waals surface area contributed by atoms with Gasteiger partial charge < -0.3 is 0 Å². The standard InChI is InChI=1S/C12H20O/c1-10(9-13)8-11(2)12-6-4-3-5-7-12/h8-9,11-12H,3-7H2,1-2H3/b10-8+. The summed E-state index contributed by atoms with van der Waals surface area (Å²) in [5, 5.41) is 0. The summed E-state index contributed by atoms with van der Waals surface area (Å²) >= 11 is 0. The molecule has 0 bridgehead atoms. The predicted octanol–water partition coefficient (Wildman–Crippen LogP) is 3.35. The van der Waals surface area contributed by atoms with Crippen LogP contribution in [0.3, 0.4) is 0 Å². The topological polar surface area (TPSA) is 17.1 Å². The van der Waals surface area contributed by atoms with E-state index < -0.39 is 0 Å². The van der Waals surface area contributed by atoms with Gasteiger partial charge in [-0.05, 0) is 37.2 Å². The van der Waals surface area contributed by atoms with Crippen LogP contribution in [0.25, 0.3) is 0 Å². The molecule has 13 heavy (non-hydrogen) atoms. The fourth-order valence-corrected chi connectivity index (χ4v) is 2.25. The van der Waals surface area contributed by atoms with E-state index in [1.807, 2.05) is 6.92 Å². The number of allylic oxidation sites excluding steroid dienone is 2. The Hall–Kier alpha value is -0.590. The van der Waals surface area contributed by atoms with Gasteiger partial charge >= 0.3 is 0 Å². The van der Waals surface area contributed by atoms with Crippen molar-refractivity contribution in [3.8, 4) is 0 Å². The minimum atomic E-state index is 0.588. The quantitative estimate of drug-likeness (QED) is 0.481. The van der Waals surface area contributed by atoms with Crippen LogP contribution < -0.4 is 0 Å². The van der Waals surface area contributed by atoms with Crippen LogP contribution in [-0.4, -0.2) is 6.29 Å². The van der Waals surface area contributed by atoms with Crippen molar-refractivity contribution >= 4 is 6.29 Å². The molecule has 0 aliphatic heterocycles. The fourth-order valence-electron chi connectivity index (χ4n) is 2.25. The Bertz CT molecular complexity index is 187. The van der Waals surface area contributed by atoms with Gasteiger partial charge in [0.15, 0.2) is 0 Å². The van der Waals surface area contributed by atoms with E-state index in [0.29, 0.717) is 5.92 Å². The van der Waals surface area contributed by atoms with Gasteiger partial charge in [0.1, 0.15) is 6.29 Å². The lowest BCUT2D eigenvalue weighted by Gasteiger charge is -2.25. The first-order valence-corrected chi connectivity index (χ1v) is 5.37. The minimum absolute atomic E-state index is 0.588. The molecule has 0 aromatic carbocycles. The van der Waals surface area contributed by atoms with E-state index in [-0.39, 0.29) is 0 Å². The lowest BCUT2D eigenvalue weighted by Crippen LogP contribution is -2.13. The summed E-state index contributed by atoms with van der Waals surface area (Å²) in [6, 6.07) is 0. The van der Waals surface area contributed by atoms with Gasteiger partial charge in [0.25, 0.3) is 0 Å². The van der Waals surface area contributed by atoms with Gasteiger partial charge in [-0.25, -0.2) is 0 Å². The second-order valence-electron chi connectivity index (χ2n) is 4.29. The highest BCUT2D eigenvalue weighted by molar-refractivity contribution is 5.72. The Balaban J connectivity index is 2.45. The molecule has 1 saturated carbocycles. The van der Waals surface area contributed by atoms with Crippen LogP contribution in [0.4, 0.5) is 0 Å². The molecule has 0 aromatic rings. The summed E-state index contributed by atoms with van der Waals surface area (Å²) in [4.78, 5) is 10.5. The number of hydrogen-bond donors (Lipinski definition) is 0. The van der Waals surface area contributed by atoms with E-state index in [2.05, 4.69) is 13.0 Å². The molecular formula is C12H20O. The van der Waals surface area contributed by atoms with Gasteiger partial charge in [0, 0.05) is 0 Å². The number of carbonyl (C=O) groups excluding carboxylic acids is 1.